The van der Waals surface area contributed by atoms with Crippen LogP contribution in [0.1, 0.15) is 47.4 Å². The van der Waals surface area contributed by atoms with E-state index in [0.717, 1.165) is 36.3 Å². The molecule has 0 aromatic heterocycles. The van der Waals surface area contributed by atoms with Crippen molar-refractivity contribution in [3.8, 4) is 22.6 Å². The minimum Gasteiger partial charge on any atom is -0.490 e. The average molecular weight is 503 g/mol. The zero-order valence-electron chi connectivity index (χ0n) is 21.3. The van der Waals surface area contributed by atoms with Gasteiger partial charge >= 0.3 is 5.97 Å². The van der Waals surface area contributed by atoms with Gasteiger partial charge in [-0.05, 0) is 114 Å². The fraction of sp³-hybridized carbons (Fsp3) is 0.387. The zero-order chi connectivity index (χ0) is 25.1. The standard InChI is InChI=1S/C31H34O4S/c1-20-15-27(35-26-11-13-36-14-12-26)16-21(2)30(20)24-6-4-5-22(17-24)19-34-25-9-7-23(8-10-25)28-18-29(28)31(32)33-3/h4-10,15-17,26,28-29H,11-14,18-19H2,1-3H3. The highest BCUT2D eigenvalue weighted by molar-refractivity contribution is 7.99. The van der Waals surface area contributed by atoms with Crippen LogP contribution in [0.25, 0.3) is 11.1 Å². The Morgan fingerprint density at radius 2 is 1.67 bits per heavy atom. The van der Waals surface area contributed by atoms with Gasteiger partial charge in [0.05, 0.1) is 13.0 Å². The lowest BCUT2D eigenvalue weighted by Gasteiger charge is -2.24. The van der Waals surface area contributed by atoms with E-state index in [0.29, 0.717) is 12.7 Å². The summed E-state index contributed by atoms with van der Waals surface area (Å²) in [6, 6.07) is 21.0. The van der Waals surface area contributed by atoms with E-state index in [-0.39, 0.29) is 17.8 Å². The summed E-state index contributed by atoms with van der Waals surface area (Å²) in [7, 11) is 1.45. The van der Waals surface area contributed by atoms with Crippen molar-refractivity contribution in [1.29, 1.82) is 0 Å². The molecule has 0 bridgehead atoms. The summed E-state index contributed by atoms with van der Waals surface area (Å²) in [5.74, 6) is 4.35. The number of carbonyl (C=O) groups excluding carboxylic acids is 1. The van der Waals surface area contributed by atoms with Gasteiger partial charge in [-0.1, -0.05) is 30.3 Å². The summed E-state index contributed by atoms with van der Waals surface area (Å²) in [5.41, 5.74) is 7.22. The van der Waals surface area contributed by atoms with Gasteiger partial charge in [-0.3, -0.25) is 4.79 Å². The first-order chi connectivity index (χ1) is 17.5. The Balaban J connectivity index is 1.23. The van der Waals surface area contributed by atoms with Crippen LogP contribution >= 0.6 is 11.8 Å². The van der Waals surface area contributed by atoms with Crippen LogP contribution in [-0.2, 0) is 16.1 Å². The van der Waals surface area contributed by atoms with Crippen LogP contribution < -0.4 is 9.47 Å². The number of hydrogen-bond acceptors (Lipinski definition) is 5. The first-order valence-electron chi connectivity index (χ1n) is 12.8. The van der Waals surface area contributed by atoms with E-state index in [1.807, 2.05) is 23.9 Å². The minimum absolute atomic E-state index is 0.00316. The quantitative estimate of drug-likeness (QED) is 0.307. The second-order valence-corrected chi connectivity index (χ2v) is 11.1. The van der Waals surface area contributed by atoms with Crippen LogP contribution in [-0.4, -0.2) is 30.7 Å². The minimum atomic E-state index is -0.115. The molecule has 5 heteroatoms. The molecule has 1 aliphatic carbocycles. The lowest BCUT2D eigenvalue weighted by molar-refractivity contribution is -0.142. The van der Waals surface area contributed by atoms with Crippen LogP contribution in [0.3, 0.4) is 0 Å². The van der Waals surface area contributed by atoms with Crippen molar-refractivity contribution in [2.24, 2.45) is 5.92 Å². The third-order valence-electron chi connectivity index (χ3n) is 7.20. The Hall–Kier alpha value is -2.92. The molecule has 5 rings (SSSR count). The molecule has 0 radical (unpaired) electrons. The van der Waals surface area contributed by atoms with Gasteiger partial charge in [0.2, 0.25) is 0 Å². The number of thioether (sulfide) groups is 1. The number of ether oxygens (including phenoxy) is 3. The van der Waals surface area contributed by atoms with Crippen molar-refractivity contribution < 1.29 is 19.0 Å². The third kappa shape index (κ3) is 5.73. The molecule has 0 spiro atoms. The van der Waals surface area contributed by atoms with E-state index < -0.39 is 0 Å². The van der Waals surface area contributed by atoms with Gasteiger partial charge in [0, 0.05) is 0 Å². The van der Waals surface area contributed by atoms with Crippen LogP contribution in [0.15, 0.2) is 60.7 Å². The van der Waals surface area contributed by atoms with Crippen LogP contribution in [0.4, 0.5) is 0 Å². The lowest BCUT2D eigenvalue weighted by Crippen LogP contribution is -2.22. The predicted octanol–water partition coefficient (Wildman–Crippen LogP) is 7.10. The van der Waals surface area contributed by atoms with Gasteiger partial charge in [0.1, 0.15) is 24.2 Å². The second-order valence-electron chi connectivity index (χ2n) is 9.89. The van der Waals surface area contributed by atoms with Crippen LogP contribution in [0.2, 0.25) is 0 Å². The molecule has 1 saturated heterocycles. The highest BCUT2D eigenvalue weighted by atomic mass is 32.2. The molecule has 1 aliphatic heterocycles. The van der Waals surface area contributed by atoms with E-state index >= 15 is 0 Å². The van der Waals surface area contributed by atoms with Crippen molar-refractivity contribution >= 4 is 17.7 Å². The normalized spacial score (nSPS) is 19.5. The molecule has 2 fully saturated rings. The summed E-state index contributed by atoms with van der Waals surface area (Å²) in [4.78, 5) is 11.7. The van der Waals surface area contributed by atoms with Crippen molar-refractivity contribution in [1.82, 2.24) is 0 Å². The molecular weight excluding hydrogens is 468 g/mol. The smallest absolute Gasteiger partial charge is 0.309 e. The van der Waals surface area contributed by atoms with Crippen LogP contribution in [0, 0.1) is 19.8 Å². The molecular formula is C31H34O4S. The molecule has 3 aromatic carbocycles. The monoisotopic (exact) mass is 502 g/mol. The zero-order valence-corrected chi connectivity index (χ0v) is 22.1. The molecule has 1 saturated carbocycles. The number of benzene rings is 3. The maximum atomic E-state index is 11.7. The molecule has 4 nitrogen and oxygen atoms in total. The fourth-order valence-electron chi connectivity index (χ4n) is 5.20. The Labute approximate surface area is 218 Å². The molecule has 0 N–H and O–H groups in total. The number of rotatable bonds is 8. The first kappa shape index (κ1) is 24.8. The highest BCUT2D eigenvalue weighted by Gasteiger charge is 2.44. The summed E-state index contributed by atoms with van der Waals surface area (Å²) >= 11 is 2.02. The average Bonchev–Trinajstić information content (AvgIpc) is 3.69. The first-order valence-corrected chi connectivity index (χ1v) is 13.9. The molecule has 3 aromatic rings. The molecule has 1 heterocycles. The molecule has 188 valence electrons. The van der Waals surface area contributed by atoms with E-state index in [9.17, 15) is 4.79 Å². The second kappa shape index (κ2) is 11.0. The fourth-order valence-corrected chi connectivity index (χ4v) is 6.27. The maximum absolute atomic E-state index is 11.7. The topological polar surface area (TPSA) is 44.8 Å². The van der Waals surface area contributed by atoms with Crippen LogP contribution in [0.5, 0.6) is 11.5 Å². The van der Waals surface area contributed by atoms with E-state index in [1.54, 1.807) is 0 Å². The molecule has 2 unspecified atom stereocenters. The van der Waals surface area contributed by atoms with Gasteiger partial charge in [0.15, 0.2) is 0 Å². The van der Waals surface area contributed by atoms with E-state index in [1.165, 1.54) is 46.4 Å². The van der Waals surface area contributed by atoms with Gasteiger partial charge < -0.3 is 14.2 Å². The van der Waals surface area contributed by atoms with Gasteiger partial charge in [-0.25, -0.2) is 0 Å². The molecule has 36 heavy (non-hydrogen) atoms. The van der Waals surface area contributed by atoms with Crippen molar-refractivity contribution in [3.05, 3.63) is 82.9 Å². The molecule has 2 aliphatic rings. The Morgan fingerprint density at radius 1 is 0.944 bits per heavy atom. The Kier molecular flexibility index (Phi) is 7.56. The summed E-state index contributed by atoms with van der Waals surface area (Å²) in [5, 5.41) is 0. The maximum Gasteiger partial charge on any atom is 0.309 e. The Morgan fingerprint density at radius 3 is 2.36 bits per heavy atom. The van der Waals surface area contributed by atoms with Crippen molar-refractivity contribution in [2.45, 2.75) is 51.7 Å². The number of aryl methyl sites for hydroxylation is 2. The van der Waals surface area contributed by atoms with Gasteiger partial charge in [0.25, 0.3) is 0 Å². The summed E-state index contributed by atoms with van der Waals surface area (Å²) in [6.07, 6.45) is 3.46. The Bertz CT molecular complexity index is 1190. The largest absolute Gasteiger partial charge is 0.490 e. The van der Waals surface area contributed by atoms with Crippen molar-refractivity contribution in [3.63, 3.8) is 0 Å². The van der Waals surface area contributed by atoms with E-state index in [4.69, 9.17) is 14.2 Å². The van der Waals surface area contributed by atoms with Crippen molar-refractivity contribution in [2.75, 3.05) is 18.6 Å². The number of methoxy groups -OCH3 is 1. The SMILES string of the molecule is COC(=O)C1CC1c1ccc(OCc2cccc(-c3c(C)cc(OC4CCSCC4)cc3C)c2)cc1. The number of carbonyl (C=O) groups is 1. The molecule has 2 atom stereocenters. The number of hydrogen-bond donors (Lipinski definition) is 0. The number of esters is 1. The predicted molar refractivity (Wildman–Crippen MR) is 146 cm³/mol. The van der Waals surface area contributed by atoms with Gasteiger partial charge in [-0.15, -0.1) is 0 Å². The third-order valence-corrected chi connectivity index (χ3v) is 8.25. The van der Waals surface area contributed by atoms with Gasteiger partial charge in [-0.2, -0.15) is 11.8 Å². The molecule has 0 amide bonds. The highest BCUT2D eigenvalue weighted by Crippen LogP contribution is 2.48. The summed E-state index contributed by atoms with van der Waals surface area (Å²) in [6.45, 7) is 4.84. The lowest BCUT2D eigenvalue weighted by atomic mass is 9.94. The summed E-state index contributed by atoms with van der Waals surface area (Å²) < 4.78 is 17.3. The van der Waals surface area contributed by atoms with E-state index in [2.05, 4.69) is 62.4 Å².